The van der Waals surface area contributed by atoms with Crippen molar-refractivity contribution in [2.45, 2.75) is 17.9 Å². The molecule has 2 nitrogen and oxygen atoms in total. The van der Waals surface area contributed by atoms with Gasteiger partial charge in [0.15, 0.2) is 0 Å². The summed E-state index contributed by atoms with van der Waals surface area (Å²) in [6.45, 7) is 1.57. The molecular formula is C10H13FO2S. The van der Waals surface area contributed by atoms with E-state index in [1.54, 1.807) is 12.1 Å². The summed E-state index contributed by atoms with van der Waals surface area (Å²) < 4.78 is 13.3. The zero-order chi connectivity index (χ0) is 10.6. The molecule has 1 aromatic rings. The summed E-state index contributed by atoms with van der Waals surface area (Å²) in [4.78, 5) is 0.689. The molecule has 1 aromatic carbocycles. The first-order chi connectivity index (χ1) is 6.66. The van der Waals surface area contributed by atoms with Gasteiger partial charge in [0.05, 0.1) is 12.7 Å². The van der Waals surface area contributed by atoms with Crippen LogP contribution in [-0.4, -0.2) is 22.6 Å². The number of aliphatic hydroxyl groups excluding tert-OH is 2. The maximum absolute atomic E-state index is 13.3. The van der Waals surface area contributed by atoms with Crippen LogP contribution in [0.15, 0.2) is 23.1 Å². The van der Waals surface area contributed by atoms with Crippen molar-refractivity contribution in [2.24, 2.45) is 0 Å². The van der Waals surface area contributed by atoms with Crippen LogP contribution in [0.5, 0.6) is 0 Å². The first-order valence-corrected chi connectivity index (χ1v) is 5.35. The molecule has 0 saturated carbocycles. The zero-order valence-electron chi connectivity index (χ0n) is 7.90. The molecule has 0 aliphatic heterocycles. The monoisotopic (exact) mass is 216 g/mol. The van der Waals surface area contributed by atoms with Crippen molar-refractivity contribution in [1.82, 2.24) is 0 Å². The highest BCUT2D eigenvalue weighted by atomic mass is 32.2. The van der Waals surface area contributed by atoms with Crippen molar-refractivity contribution in [1.29, 1.82) is 0 Å². The van der Waals surface area contributed by atoms with E-state index in [1.807, 2.05) is 0 Å². The van der Waals surface area contributed by atoms with Gasteiger partial charge in [0.2, 0.25) is 0 Å². The molecule has 0 saturated heterocycles. The lowest BCUT2D eigenvalue weighted by molar-refractivity contribution is 0.191. The second kappa shape index (κ2) is 5.34. The van der Waals surface area contributed by atoms with Crippen LogP contribution in [0.4, 0.5) is 4.39 Å². The first-order valence-electron chi connectivity index (χ1n) is 4.37. The highest BCUT2D eigenvalue weighted by Gasteiger charge is 2.13. The van der Waals surface area contributed by atoms with E-state index in [0.717, 1.165) is 0 Å². The van der Waals surface area contributed by atoms with Gasteiger partial charge in [-0.15, -0.1) is 11.8 Å². The predicted molar refractivity (Wildman–Crippen MR) is 54.8 cm³/mol. The lowest BCUT2D eigenvalue weighted by Gasteiger charge is -2.11. The lowest BCUT2D eigenvalue weighted by Crippen LogP contribution is -1.99. The van der Waals surface area contributed by atoms with Gasteiger partial charge in [0.25, 0.3) is 0 Å². The van der Waals surface area contributed by atoms with Gasteiger partial charge in [0, 0.05) is 16.2 Å². The molecule has 0 fully saturated rings. The number of halogens is 1. The Morgan fingerprint density at radius 3 is 2.79 bits per heavy atom. The summed E-state index contributed by atoms with van der Waals surface area (Å²) in [6, 6.07) is 4.66. The van der Waals surface area contributed by atoms with Crippen LogP contribution < -0.4 is 0 Å². The largest absolute Gasteiger partial charge is 0.396 e. The fraction of sp³-hybridized carbons (Fsp3) is 0.400. The average Bonchev–Trinajstić information content (AvgIpc) is 2.14. The summed E-state index contributed by atoms with van der Waals surface area (Å²) >= 11 is 1.34. The van der Waals surface area contributed by atoms with Crippen molar-refractivity contribution < 1.29 is 14.6 Å². The fourth-order valence-corrected chi connectivity index (χ4v) is 2.11. The third-order valence-electron chi connectivity index (χ3n) is 1.78. The second-order valence-electron chi connectivity index (χ2n) is 2.90. The number of thioether (sulfide) groups is 1. The molecule has 0 unspecified atom stereocenters. The third kappa shape index (κ3) is 2.70. The Bertz CT molecular complexity index is 302. The van der Waals surface area contributed by atoms with E-state index in [-0.39, 0.29) is 6.61 Å². The summed E-state index contributed by atoms with van der Waals surface area (Å²) in [6.07, 6.45) is -0.822. The van der Waals surface area contributed by atoms with E-state index in [2.05, 4.69) is 0 Å². The molecule has 0 aliphatic carbocycles. The van der Waals surface area contributed by atoms with Crippen LogP contribution in [0.1, 0.15) is 18.6 Å². The SMILES string of the molecule is C[C@H](O)c1c(F)cccc1SCCO. The minimum Gasteiger partial charge on any atom is -0.396 e. The maximum Gasteiger partial charge on any atom is 0.130 e. The number of hydrogen-bond acceptors (Lipinski definition) is 3. The minimum atomic E-state index is -0.822. The van der Waals surface area contributed by atoms with Gasteiger partial charge in [-0.2, -0.15) is 0 Å². The van der Waals surface area contributed by atoms with Gasteiger partial charge in [-0.1, -0.05) is 6.07 Å². The second-order valence-corrected chi connectivity index (χ2v) is 4.04. The first kappa shape index (κ1) is 11.5. The van der Waals surface area contributed by atoms with Crippen molar-refractivity contribution in [3.05, 3.63) is 29.6 Å². The normalized spacial score (nSPS) is 12.9. The number of rotatable bonds is 4. The number of hydrogen-bond donors (Lipinski definition) is 2. The summed E-state index contributed by atoms with van der Waals surface area (Å²) in [7, 11) is 0. The Balaban J connectivity index is 2.96. The van der Waals surface area contributed by atoms with Crippen molar-refractivity contribution in [2.75, 3.05) is 12.4 Å². The molecule has 1 rings (SSSR count). The Morgan fingerprint density at radius 2 is 2.21 bits per heavy atom. The summed E-state index contributed by atoms with van der Waals surface area (Å²) in [5.41, 5.74) is 0.311. The topological polar surface area (TPSA) is 40.5 Å². The number of benzene rings is 1. The molecule has 0 bridgehead atoms. The quantitative estimate of drug-likeness (QED) is 0.756. The Kier molecular flexibility index (Phi) is 4.38. The molecule has 0 amide bonds. The molecule has 1 atom stereocenters. The smallest absolute Gasteiger partial charge is 0.130 e. The maximum atomic E-state index is 13.3. The summed E-state index contributed by atoms with van der Waals surface area (Å²) in [5, 5.41) is 18.0. The molecule has 0 aromatic heterocycles. The third-order valence-corrected chi connectivity index (χ3v) is 2.83. The van der Waals surface area contributed by atoms with Gasteiger partial charge in [-0.3, -0.25) is 0 Å². The molecule has 2 N–H and O–H groups in total. The Morgan fingerprint density at radius 1 is 1.50 bits per heavy atom. The predicted octanol–water partition coefficient (Wildman–Crippen LogP) is 1.96. The number of aliphatic hydroxyl groups is 2. The van der Waals surface area contributed by atoms with Gasteiger partial charge < -0.3 is 10.2 Å². The van der Waals surface area contributed by atoms with E-state index < -0.39 is 11.9 Å². The van der Waals surface area contributed by atoms with Gasteiger partial charge in [0.1, 0.15) is 5.82 Å². The van der Waals surface area contributed by atoms with Crippen LogP contribution in [0.25, 0.3) is 0 Å². The Labute approximate surface area is 86.8 Å². The van der Waals surface area contributed by atoms with E-state index in [1.165, 1.54) is 24.8 Å². The molecule has 0 spiro atoms. The molecule has 0 aliphatic rings. The van der Waals surface area contributed by atoms with E-state index in [0.29, 0.717) is 16.2 Å². The molecule has 78 valence electrons. The Hall–Kier alpha value is -0.580. The van der Waals surface area contributed by atoms with Gasteiger partial charge in [-0.25, -0.2) is 4.39 Å². The molecule has 0 heterocycles. The van der Waals surface area contributed by atoms with Gasteiger partial charge >= 0.3 is 0 Å². The summed E-state index contributed by atoms with van der Waals surface area (Å²) in [5.74, 6) is 0.103. The average molecular weight is 216 g/mol. The van der Waals surface area contributed by atoms with Crippen LogP contribution in [0, 0.1) is 5.82 Å². The van der Waals surface area contributed by atoms with Crippen molar-refractivity contribution >= 4 is 11.8 Å². The fourth-order valence-electron chi connectivity index (χ4n) is 1.20. The van der Waals surface area contributed by atoms with Gasteiger partial charge in [-0.05, 0) is 19.1 Å². The van der Waals surface area contributed by atoms with E-state index in [9.17, 15) is 9.50 Å². The van der Waals surface area contributed by atoms with Crippen LogP contribution in [0.2, 0.25) is 0 Å². The van der Waals surface area contributed by atoms with Crippen molar-refractivity contribution in [3.63, 3.8) is 0 Å². The molecular weight excluding hydrogens is 203 g/mol. The van der Waals surface area contributed by atoms with E-state index in [4.69, 9.17) is 5.11 Å². The lowest BCUT2D eigenvalue weighted by atomic mass is 10.1. The van der Waals surface area contributed by atoms with Crippen molar-refractivity contribution in [3.8, 4) is 0 Å². The zero-order valence-corrected chi connectivity index (χ0v) is 8.72. The highest BCUT2D eigenvalue weighted by Crippen LogP contribution is 2.29. The standard InChI is InChI=1S/C10H13FO2S/c1-7(13)10-8(11)3-2-4-9(10)14-6-5-12/h2-4,7,12-13H,5-6H2,1H3/t7-/m0/s1. The minimum absolute atomic E-state index is 0.0421. The van der Waals surface area contributed by atoms with Crippen LogP contribution in [-0.2, 0) is 0 Å². The van der Waals surface area contributed by atoms with Crippen LogP contribution >= 0.6 is 11.8 Å². The molecule has 4 heteroatoms. The van der Waals surface area contributed by atoms with Crippen LogP contribution in [0.3, 0.4) is 0 Å². The highest BCUT2D eigenvalue weighted by molar-refractivity contribution is 7.99. The van der Waals surface area contributed by atoms with E-state index >= 15 is 0 Å². The molecule has 0 radical (unpaired) electrons. The molecule has 14 heavy (non-hydrogen) atoms.